The monoisotopic (exact) mass is 403 g/mol. The van der Waals surface area contributed by atoms with Crippen LogP contribution >= 0.6 is 11.8 Å². The Kier molecular flexibility index (Phi) is 6.27. The van der Waals surface area contributed by atoms with Gasteiger partial charge in [-0.05, 0) is 50.1 Å². The molecule has 4 nitrogen and oxygen atoms in total. The predicted octanol–water partition coefficient (Wildman–Crippen LogP) is 4.86. The molecule has 1 aliphatic heterocycles. The Hall–Kier alpha value is -2.09. The number of halogens is 2. The second kappa shape index (κ2) is 8.51. The number of quaternary nitrogens is 1. The molecule has 1 aromatic heterocycles. The predicted molar refractivity (Wildman–Crippen MR) is 109 cm³/mol. The third-order valence-electron chi connectivity index (χ3n) is 4.39. The van der Waals surface area contributed by atoms with E-state index in [1.54, 1.807) is 12.4 Å². The van der Waals surface area contributed by atoms with Crippen LogP contribution in [0.3, 0.4) is 0 Å². The van der Waals surface area contributed by atoms with Crippen molar-refractivity contribution in [3.05, 3.63) is 70.6 Å². The van der Waals surface area contributed by atoms with Gasteiger partial charge in [0.1, 0.15) is 30.5 Å². The van der Waals surface area contributed by atoms with Crippen molar-refractivity contribution >= 4 is 18.1 Å². The number of hydrogen-bond donors (Lipinski definition) is 0. The van der Waals surface area contributed by atoms with Gasteiger partial charge in [0.15, 0.2) is 6.34 Å². The first-order valence-electron chi connectivity index (χ1n) is 9.13. The highest BCUT2D eigenvalue weighted by Gasteiger charge is 2.41. The first-order valence-corrected chi connectivity index (χ1v) is 9.95. The van der Waals surface area contributed by atoms with Gasteiger partial charge in [-0.2, -0.15) is 0 Å². The molecule has 0 bridgehead atoms. The molecule has 3 rings (SSSR count). The van der Waals surface area contributed by atoms with Crippen LogP contribution in [-0.2, 0) is 6.54 Å². The van der Waals surface area contributed by atoms with E-state index in [-0.39, 0.29) is 5.92 Å². The fourth-order valence-corrected chi connectivity index (χ4v) is 4.64. The topological polar surface area (TPSA) is 28.5 Å². The number of rotatable bonds is 7. The van der Waals surface area contributed by atoms with Gasteiger partial charge in [0, 0.05) is 34.8 Å². The number of allylic oxidation sites excluding steroid dienone is 1. The van der Waals surface area contributed by atoms with Crippen molar-refractivity contribution in [2.24, 2.45) is 10.9 Å². The summed E-state index contributed by atoms with van der Waals surface area (Å²) in [4.78, 5) is 11.5. The van der Waals surface area contributed by atoms with Crippen molar-refractivity contribution in [3.63, 3.8) is 0 Å². The van der Waals surface area contributed by atoms with E-state index in [1.807, 2.05) is 32.6 Å². The summed E-state index contributed by atoms with van der Waals surface area (Å²) in [6.45, 7) is 5.53. The molecule has 148 valence electrons. The molecule has 1 aromatic carbocycles. The number of nitrogens with zero attached hydrogens (tertiary/aromatic N) is 4. The minimum atomic E-state index is -0.576. The third kappa shape index (κ3) is 4.66. The zero-order chi connectivity index (χ0) is 20.3. The molecule has 0 spiro atoms. The Morgan fingerprint density at radius 3 is 2.29 bits per heavy atom. The highest BCUT2D eigenvalue weighted by atomic mass is 32.2. The van der Waals surface area contributed by atoms with Gasteiger partial charge in [0.25, 0.3) is 0 Å². The molecular weight excluding hydrogens is 378 g/mol. The van der Waals surface area contributed by atoms with Crippen LogP contribution in [0, 0.1) is 17.6 Å². The summed E-state index contributed by atoms with van der Waals surface area (Å²) in [5.41, 5.74) is 2.07. The standard InChI is InChI=1S/C21H25F2N4S/c1-15(2)20-21(28-19-10-17(22)9-18(23)11-19)27(13-25-20,14-26(3)4)12-16-5-7-24-8-6-16/h5-11,13,15H,12,14H2,1-4H3/q+1. The highest BCUT2D eigenvalue weighted by Crippen LogP contribution is 2.43. The molecule has 1 atom stereocenters. The maximum Gasteiger partial charge on any atom is 0.201 e. The summed E-state index contributed by atoms with van der Waals surface area (Å²) in [7, 11) is 4.02. The fourth-order valence-electron chi connectivity index (χ4n) is 3.33. The molecule has 7 heteroatoms. The molecule has 28 heavy (non-hydrogen) atoms. The van der Waals surface area contributed by atoms with Crippen LogP contribution < -0.4 is 0 Å². The first kappa shape index (κ1) is 20.6. The van der Waals surface area contributed by atoms with Crippen molar-refractivity contribution in [2.75, 3.05) is 20.8 Å². The molecule has 0 radical (unpaired) electrons. The van der Waals surface area contributed by atoms with Gasteiger partial charge in [-0.1, -0.05) is 13.8 Å². The number of benzene rings is 1. The largest absolute Gasteiger partial charge is 0.265 e. The van der Waals surface area contributed by atoms with E-state index < -0.39 is 11.6 Å². The normalized spacial score (nSPS) is 19.3. The Labute approximate surface area is 169 Å². The quantitative estimate of drug-likeness (QED) is 0.619. The van der Waals surface area contributed by atoms with Gasteiger partial charge in [-0.25, -0.2) is 18.3 Å². The average molecular weight is 404 g/mol. The third-order valence-corrected chi connectivity index (χ3v) is 5.63. The van der Waals surface area contributed by atoms with Gasteiger partial charge < -0.3 is 0 Å². The zero-order valence-electron chi connectivity index (χ0n) is 16.6. The van der Waals surface area contributed by atoms with Crippen molar-refractivity contribution in [2.45, 2.75) is 25.3 Å². The summed E-state index contributed by atoms with van der Waals surface area (Å²) in [6.07, 6.45) is 5.50. The molecule has 0 amide bonds. The van der Waals surface area contributed by atoms with E-state index in [9.17, 15) is 8.78 Å². The molecular formula is C21H25F2N4S+. The van der Waals surface area contributed by atoms with Crippen LogP contribution in [0.5, 0.6) is 0 Å². The van der Waals surface area contributed by atoms with Crippen LogP contribution in [0.1, 0.15) is 19.4 Å². The van der Waals surface area contributed by atoms with E-state index in [2.05, 4.69) is 23.7 Å². The Bertz CT molecular complexity index is 876. The summed E-state index contributed by atoms with van der Waals surface area (Å²) < 4.78 is 28.0. The molecule has 0 N–H and O–H groups in total. The van der Waals surface area contributed by atoms with Crippen LogP contribution in [-0.4, -0.2) is 41.5 Å². The van der Waals surface area contributed by atoms with Gasteiger partial charge in [-0.3, -0.25) is 9.88 Å². The lowest BCUT2D eigenvalue weighted by Gasteiger charge is -2.35. The van der Waals surface area contributed by atoms with E-state index in [0.29, 0.717) is 22.6 Å². The lowest BCUT2D eigenvalue weighted by Crippen LogP contribution is -2.48. The van der Waals surface area contributed by atoms with Gasteiger partial charge in [-0.15, -0.1) is 0 Å². The van der Waals surface area contributed by atoms with Gasteiger partial charge in [0.05, 0.1) is 0 Å². The van der Waals surface area contributed by atoms with Crippen LogP contribution in [0.25, 0.3) is 0 Å². The van der Waals surface area contributed by atoms with Crippen molar-refractivity contribution in [1.29, 1.82) is 0 Å². The summed E-state index contributed by atoms with van der Waals surface area (Å²) in [5, 5.41) is 0.991. The summed E-state index contributed by atoms with van der Waals surface area (Å²) >= 11 is 1.39. The number of hydrogen-bond acceptors (Lipinski definition) is 4. The zero-order valence-corrected chi connectivity index (χ0v) is 17.4. The van der Waals surface area contributed by atoms with E-state index >= 15 is 0 Å². The lowest BCUT2D eigenvalue weighted by atomic mass is 10.1. The van der Waals surface area contributed by atoms with Gasteiger partial charge >= 0.3 is 0 Å². The second-order valence-electron chi connectivity index (χ2n) is 7.57. The number of thioether (sulfide) groups is 1. The summed E-state index contributed by atoms with van der Waals surface area (Å²) in [6, 6.07) is 7.61. The van der Waals surface area contributed by atoms with E-state index in [0.717, 1.165) is 22.4 Å². The van der Waals surface area contributed by atoms with Crippen molar-refractivity contribution in [1.82, 2.24) is 9.88 Å². The fraction of sp³-hybridized carbons (Fsp3) is 0.333. The smallest absolute Gasteiger partial charge is 0.201 e. The maximum atomic E-state index is 13.8. The number of aliphatic imine (C=N–C) groups is 1. The molecule has 2 heterocycles. The van der Waals surface area contributed by atoms with E-state index in [1.165, 1.54) is 23.9 Å². The minimum Gasteiger partial charge on any atom is -0.265 e. The number of pyridine rings is 1. The van der Waals surface area contributed by atoms with Crippen molar-refractivity contribution < 1.29 is 13.3 Å². The van der Waals surface area contributed by atoms with E-state index in [4.69, 9.17) is 4.99 Å². The molecule has 1 aliphatic rings. The molecule has 2 aromatic rings. The minimum absolute atomic E-state index is 0.191. The van der Waals surface area contributed by atoms with Crippen LogP contribution in [0.15, 0.2) is 63.3 Å². The first-order chi connectivity index (χ1) is 13.3. The van der Waals surface area contributed by atoms with Crippen LogP contribution in [0.2, 0.25) is 0 Å². The molecule has 0 aliphatic carbocycles. The number of aromatic nitrogens is 1. The Balaban J connectivity index is 2.06. The molecule has 0 saturated heterocycles. The Morgan fingerprint density at radius 1 is 1.07 bits per heavy atom. The molecule has 0 saturated carbocycles. The van der Waals surface area contributed by atoms with Crippen LogP contribution in [0.4, 0.5) is 8.78 Å². The molecule has 1 unspecified atom stereocenters. The SMILES string of the molecule is CC(C)C1=C(Sc2cc(F)cc(F)c2)[N+](Cc2ccncc2)(CN(C)C)C=N1. The second-order valence-corrected chi connectivity index (χ2v) is 8.63. The van der Waals surface area contributed by atoms with Crippen molar-refractivity contribution in [3.8, 4) is 0 Å². The Morgan fingerprint density at radius 2 is 1.71 bits per heavy atom. The highest BCUT2D eigenvalue weighted by molar-refractivity contribution is 8.02. The maximum absolute atomic E-state index is 13.8. The summed E-state index contributed by atoms with van der Waals surface area (Å²) in [5.74, 6) is -0.960. The van der Waals surface area contributed by atoms with Gasteiger partial charge in [0.2, 0.25) is 5.03 Å². The molecule has 0 fully saturated rings. The average Bonchev–Trinajstić information content (AvgIpc) is 2.92. The lowest BCUT2D eigenvalue weighted by molar-refractivity contribution is -0.810.